The molecule has 0 radical (unpaired) electrons. The Hall–Kier alpha value is -1.26. The lowest BCUT2D eigenvalue weighted by Crippen LogP contribution is -2.29. The van der Waals surface area contributed by atoms with Crippen LogP contribution >= 0.6 is 0 Å². The lowest BCUT2D eigenvalue weighted by molar-refractivity contribution is -0.168. The van der Waals surface area contributed by atoms with Gasteiger partial charge in [-0.3, -0.25) is 0 Å². The molecule has 1 heterocycles. The summed E-state index contributed by atoms with van der Waals surface area (Å²) in [6, 6.07) is 10.2. The van der Waals surface area contributed by atoms with Gasteiger partial charge in [0, 0.05) is 12.0 Å². The molecule has 1 aromatic carbocycles. The van der Waals surface area contributed by atoms with Gasteiger partial charge in [-0.05, 0) is 38.9 Å². The lowest BCUT2D eigenvalue weighted by Gasteiger charge is -2.30. The van der Waals surface area contributed by atoms with E-state index in [1.54, 1.807) is 6.26 Å². The maximum absolute atomic E-state index is 6.25. The van der Waals surface area contributed by atoms with Crippen LogP contribution in [0.25, 0.3) is 5.76 Å². The molecule has 4 heteroatoms. The van der Waals surface area contributed by atoms with E-state index in [2.05, 4.69) is 38.7 Å². The first-order valence-electron chi connectivity index (χ1n) is 10.2. The Morgan fingerprint density at radius 1 is 1.12 bits per heavy atom. The van der Waals surface area contributed by atoms with Gasteiger partial charge in [0.25, 0.3) is 0 Å². The van der Waals surface area contributed by atoms with Crippen LogP contribution in [0.3, 0.4) is 0 Å². The van der Waals surface area contributed by atoms with E-state index in [1.165, 1.54) is 32.1 Å². The Labute approximate surface area is 160 Å². The second kappa shape index (κ2) is 10.8. The van der Waals surface area contributed by atoms with Crippen LogP contribution in [0.1, 0.15) is 63.9 Å². The normalized spacial score (nSPS) is 21.5. The van der Waals surface area contributed by atoms with Crippen molar-refractivity contribution in [3.63, 3.8) is 0 Å². The summed E-state index contributed by atoms with van der Waals surface area (Å²) < 4.78 is 18.4. The van der Waals surface area contributed by atoms with E-state index >= 15 is 0 Å². The molecule has 1 aliphatic heterocycles. The lowest BCUT2D eigenvalue weighted by atomic mass is 10.0. The first-order valence-corrected chi connectivity index (χ1v) is 13.6. The van der Waals surface area contributed by atoms with E-state index in [-0.39, 0.29) is 6.29 Å². The highest BCUT2D eigenvalue weighted by Crippen LogP contribution is 2.26. The molecule has 0 amide bonds. The van der Waals surface area contributed by atoms with Crippen molar-refractivity contribution in [1.29, 1.82) is 0 Å². The van der Waals surface area contributed by atoms with Gasteiger partial charge in [-0.25, -0.2) is 0 Å². The third-order valence-corrected chi connectivity index (χ3v) is 5.32. The molecule has 0 bridgehead atoms. The van der Waals surface area contributed by atoms with Crippen LogP contribution in [0.4, 0.5) is 0 Å². The molecule has 0 saturated carbocycles. The van der Waals surface area contributed by atoms with Gasteiger partial charge in [0.1, 0.15) is 12.0 Å². The molecule has 2 rings (SSSR count). The smallest absolute Gasteiger partial charge is 0.242 e. The number of hydrogen-bond acceptors (Lipinski definition) is 3. The molecule has 0 aliphatic carbocycles. The molecule has 2 atom stereocenters. The number of rotatable bonds is 10. The predicted molar refractivity (Wildman–Crippen MR) is 111 cm³/mol. The molecule has 26 heavy (non-hydrogen) atoms. The first kappa shape index (κ1) is 21.0. The van der Waals surface area contributed by atoms with Crippen molar-refractivity contribution in [2.24, 2.45) is 0 Å². The monoisotopic (exact) mass is 376 g/mol. The van der Waals surface area contributed by atoms with E-state index in [4.69, 9.17) is 13.9 Å². The minimum atomic E-state index is -1.72. The average Bonchev–Trinajstić information content (AvgIpc) is 2.62. The van der Waals surface area contributed by atoms with Crippen molar-refractivity contribution >= 4 is 14.1 Å². The Balaban J connectivity index is 1.93. The van der Waals surface area contributed by atoms with Gasteiger partial charge in [0.15, 0.2) is 6.29 Å². The Bertz CT molecular complexity index is 536. The predicted octanol–water partition coefficient (Wildman–Crippen LogP) is 6.72. The summed E-state index contributed by atoms with van der Waals surface area (Å²) in [6.07, 6.45) is 11.6. The standard InChI is InChI=1S/C22H36O3Si/c1-5-6-7-11-15-20-16-12-17-22(24-20)23-18-21(25-26(2,3)4)19-13-9-8-10-14-19/h8-10,13-14,18,20,22H,5-7,11-12,15-17H2,1-4H3/b21-18-/t20-,22-/m0/s1. The fourth-order valence-electron chi connectivity index (χ4n) is 3.20. The van der Waals surface area contributed by atoms with Crippen LogP contribution in [-0.4, -0.2) is 20.7 Å². The maximum atomic E-state index is 6.25. The number of unbranched alkanes of at least 4 members (excludes halogenated alkanes) is 3. The number of benzene rings is 1. The molecular weight excluding hydrogens is 340 g/mol. The Kier molecular flexibility index (Phi) is 8.73. The SMILES string of the molecule is CCCCCC[C@H]1CCC[C@@H](O/C=C(\O[Si](C)(C)C)c2ccccc2)O1. The van der Waals surface area contributed by atoms with Gasteiger partial charge in [0.05, 0.1) is 6.10 Å². The molecule has 146 valence electrons. The topological polar surface area (TPSA) is 27.7 Å². The van der Waals surface area contributed by atoms with Gasteiger partial charge in [0.2, 0.25) is 8.32 Å². The van der Waals surface area contributed by atoms with Crippen molar-refractivity contribution in [2.75, 3.05) is 0 Å². The molecule has 0 aromatic heterocycles. The van der Waals surface area contributed by atoms with Crippen LogP contribution in [0.5, 0.6) is 0 Å². The Morgan fingerprint density at radius 2 is 1.88 bits per heavy atom. The summed E-state index contributed by atoms with van der Waals surface area (Å²) in [5.74, 6) is 0.818. The average molecular weight is 377 g/mol. The second-order valence-corrected chi connectivity index (χ2v) is 12.6. The van der Waals surface area contributed by atoms with E-state index in [1.807, 2.05) is 18.2 Å². The third-order valence-electron chi connectivity index (χ3n) is 4.49. The largest absolute Gasteiger partial charge is 0.542 e. The summed E-state index contributed by atoms with van der Waals surface area (Å²) in [4.78, 5) is 0. The molecule has 1 aromatic rings. The van der Waals surface area contributed by atoms with Crippen LogP contribution in [0.2, 0.25) is 19.6 Å². The molecule has 1 aliphatic rings. The van der Waals surface area contributed by atoms with Gasteiger partial charge in [-0.1, -0.05) is 62.9 Å². The van der Waals surface area contributed by atoms with E-state index in [9.17, 15) is 0 Å². The quantitative estimate of drug-likeness (QED) is 0.258. The fourth-order valence-corrected chi connectivity index (χ4v) is 4.02. The highest BCUT2D eigenvalue weighted by atomic mass is 28.4. The summed E-state index contributed by atoms with van der Waals surface area (Å²) in [5.41, 5.74) is 1.06. The zero-order chi connectivity index (χ0) is 18.8. The number of hydrogen-bond donors (Lipinski definition) is 0. The molecule has 0 unspecified atom stereocenters. The fraction of sp³-hybridized carbons (Fsp3) is 0.636. The minimum Gasteiger partial charge on any atom is -0.542 e. The third kappa shape index (κ3) is 7.96. The highest BCUT2D eigenvalue weighted by molar-refractivity contribution is 6.70. The first-order chi connectivity index (χ1) is 12.5. The van der Waals surface area contributed by atoms with Crippen molar-refractivity contribution in [1.82, 2.24) is 0 Å². The Morgan fingerprint density at radius 3 is 2.58 bits per heavy atom. The molecular formula is C22H36O3Si. The summed E-state index contributed by atoms with van der Waals surface area (Å²) in [7, 11) is -1.72. The second-order valence-electron chi connectivity index (χ2n) is 8.17. The molecule has 1 saturated heterocycles. The zero-order valence-corrected chi connectivity index (χ0v) is 18.0. The maximum Gasteiger partial charge on any atom is 0.242 e. The van der Waals surface area contributed by atoms with Crippen LogP contribution in [0.15, 0.2) is 36.6 Å². The molecule has 0 spiro atoms. The molecule has 1 fully saturated rings. The summed E-state index contributed by atoms with van der Waals surface area (Å²) in [6.45, 7) is 8.81. The van der Waals surface area contributed by atoms with Crippen molar-refractivity contribution < 1.29 is 13.9 Å². The summed E-state index contributed by atoms with van der Waals surface area (Å²) >= 11 is 0. The van der Waals surface area contributed by atoms with Crippen molar-refractivity contribution in [3.05, 3.63) is 42.2 Å². The van der Waals surface area contributed by atoms with Gasteiger partial charge >= 0.3 is 0 Å². The van der Waals surface area contributed by atoms with Crippen LogP contribution in [0, 0.1) is 0 Å². The van der Waals surface area contributed by atoms with Gasteiger partial charge < -0.3 is 13.9 Å². The van der Waals surface area contributed by atoms with E-state index < -0.39 is 8.32 Å². The minimum absolute atomic E-state index is 0.149. The summed E-state index contributed by atoms with van der Waals surface area (Å²) in [5, 5.41) is 0. The van der Waals surface area contributed by atoms with Crippen LogP contribution < -0.4 is 0 Å². The van der Waals surface area contributed by atoms with Crippen LogP contribution in [-0.2, 0) is 13.9 Å². The van der Waals surface area contributed by atoms with Crippen molar-refractivity contribution in [2.45, 2.75) is 90.3 Å². The van der Waals surface area contributed by atoms with Gasteiger partial charge in [-0.2, -0.15) is 0 Å². The molecule has 0 N–H and O–H groups in total. The zero-order valence-electron chi connectivity index (χ0n) is 17.0. The highest BCUT2D eigenvalue weighted by Gasteiger charge is 2.24. The van der Waals surface area contributed by atoms with E-state index in [0.717, 1.165) is 30.6 Å². The van der Waals surface area contributed by atoms with E-state index in [0.29, 0.717) is 6.10 Å². The van der Waals surface area contributed by atoms with Crippen molar-refractivity contribution in [3.8, 4) is 0 Å². The number of ether oxygens (including phenoxy) is 2. The van der Waals surface area contributed by atoms with Gasteiger partial charge in [-0.15, -0.1) is 0 Å². The molecule has 3 nitrogen and oxygen atoms in total.